The molecular formula is C17H22N3O5S+. The first-order valence-corrected chi connectivity index (χ1v) is 8.84. The largest absolute Gasteiger partial charge is 0.494 e. The second-order valence-corrected chi connectivity index (χ2v) is 6.47. The van der Waals surface area contributed by atoms with Crippen LogP contribution in [0.5, 0.6) is 5.75 Å². The monoisotopic (exact) mass is 380 g/mol. The first kappa shape index (κ1) is 18.6. The summed E-state index contributed by atoms with van der Waals surface area (Å²) in [6.45, 7) is 3.26. The quantitative estimate of drug-likeness (QED) is 0.554. The summed E-state index contributed by atoms with van der Waals surface area (Å²) < 4.78 is 17.4. The van der Waals surface area contributed by atoms with Gasteiger partial charge in [-0.15, -0.1) is 5.10 Å². The second-order valence-electron chi connectivity index (χ2n) is 6.12. The minimum absolute atomic E-state index is 0.214. The number of carbonyl (C=O) groups excluding carboxylic acids is 1. The first-order chi connectivity index (χ1) is 12.5. The lowest BCUT2D eigenvalue weighted by atomic mass is 10.2. The van der Waals surface area contributed by atoms with E-state index in [1.165, 1.54) is 11.8 Å². The third kappa shape index (κ3) is 3.95. The van der Waals surface area contributed by atoms with Crippen molar-refractivity contribution in [1.29, 1.82) is 0 Å². The molecule has 0 bridgehead atoms. The number of nitrogens with zero attached hydrogens (tertiary/aromatic N) is 2. The van der Waals surface area contributed by atoms with Crippen LogP contribution in [0.25, 0.3) is 11.5 Å². The highest BCUT2D eigenvalue weighted by molar-refractivity contribution is 7.71. The predicted octanol–water partition coefficient (Wildman–Crippen LogP) is 0.420. The van der Waals surface area contributed by atoms with Gasteiger partial charge in [0.1, 0.15) is 18.4 Å². The van der Waals surface area contributed by atoms with Gasteiger partial charge < -0.3 is 23.9 Å². The van der Waals surface area contributed by atoms with Gasteiger partial charge in [0, 0.05) is 12.0 Å². The van der Waals surface area contributed by atoms with Crippen LogP contribution in [0.3, 0.4) is 0 Å². The van der Waals surface area contributed by atoms with Crippen molar-refractivity contribution in [2.75, 3.05) is 20.3 Å². The fraction of sp³-hybridized carbons (Fsp3) is 0.471. The maximum absolute atomic E-state index is 11.9. The lowest BCUT2D eigenvalue weighted by Gasteiger charge is -2.18. The molecule has 1 aliphatic heterocycles. The number of ether oxygens (including phenoxy) is 2. The number of likely N-dealkylation sites (tertiary alicyclic amines) is 1. The Balaban J connectivity index is 1.78. The van der Waals surface area contributed by atoms with E-state index in [0.29, 0.717) is 32.1 Å². The number of methoxy groups -OCH3 is 1. The maximum atomic E-state index is 11.9. The number of hydrogen-bond acceptors (Lipinski definition) is 7. The SMILES string of the molecule is CCOc1ccc(-c2nn(C[NH+]3C[C@@H](O)C[C@H]3C(=O)OC)c(=S)o2)cc1. The van der Waals surface area contributed by atoms with Gasteiger partial charge in [0.25, 0.3) is 4.84 Å². The molecule has 1 fully saturated rings. The van der Waals surface area contributed by atoms with Gasteiger partial charge in [0.15, 0.2) is 12.7 Å². The number of aromatic nitrogens is 2. The summed E-state index contributed by atoms with van der Waals surface area (Å²) in [6, 6.07) is 6.93. The van der Waals surface area contributed by atoms with Crippen molar-refractivity contribution in [3.63, 3.8) is 0 Å². The van der Waals surface area contributed by atoms with Crippen LogP contribution in [0, 0.1) is 4.84 Å². The Morgan fingerprint density at radius 1 is 1.46 bits per heavy atom. The molecule has 0 amide bonds. The third-order valence-corrected chi connectivity index (χ3v) is 4.65. The molecule has 2 N–H and O–H groups in total. The molecular weight excluding hydrogens is 358 g/mol. The lowest BCUT2D eigenvalue weighted by molar-refractivity contribution is -0.928. The predicted molar refractivity (Wildman–Crippen MR) is 94.2 cm³/mol. The number of aliphatic hydroxyl groups excluding tert-OH is 1. The fourth-order valence-corrected chi connectivity index (χ4v) is 3.31. The van der Waals surface area contributed by atoms with Crippen molar-refractivity contribution in [1.82, 2.24) is 9.78 Å². The molecule has 2 aromatic rings. The number of nitrogens with one attached hydrogen (secondary N) is 1. The van der Waals surface area contributed by atoms with Gasteiger partial charge in [-0.1, -0.05) is 0 Å². The molecule has 0 radical (unpaired) electrons. The number of quaternary nitrogens is 1. The number of benzene rings is 1. The van der Waals surface area contributed by atoms with Crippen molar-refractivity contribution in [2.45, 2.75) is 32.2 Å². The Hall–Kier alpha value is -2.23. The van der Waals surface area contributed by atoms with Crippen LogP contribution in [0.15, 0.2) is 28.7 Å². The Kier molecular flexibility index (Phi) is 5.70. The highest BCUT2D eigenvalue weighted by atomic mass is 32.1. The summed E-state index contributed by atoms with van der Waals surface area (Å²) in [7, 11) is 1.34. The Morgan fingerprint density at radius 3 is 2.85 bits per heavy atom. The molecule has 0 aliphatic carbocycles. The van der Waals surface area contributed by atoms with E-state index in [1.54, 1.807) is 0 Å². The van der Waals surface area contributed by atoms with Crippen LogP contribution < -0.4 is 9.64 Å². The highest BCUT2D eigenvalue weighted by Crippen LogP contribution is 2.21. The van der Waals surface area contributed by atoms with Crippen LogP contribution in [-0.2, 0) is 16.2 Å². The van der Waals surface area contributed by atoms with Crippen molar-refractivity contribution < 1.29 is 28.7 Å². The Morgan fingerprint density at radius 2 is 2.19 bits per heavy atom. The van der Waals surface area contributed by atoms with Crippen molar-refractivity contribution >= 4 is 18.2 Å². The van der Waals surface area contributed by atoms with Crippen molar-refractivity contribution in [3.05, 3.63) is 29.1 Å². The lowest BCUT2D eigenvalue weighted by Crippen LogP contribution is -3.14. The summed E-state index contributed by atoms with van der Waals surface area (Å²) in [5.41, 5.74) is 0.777. The molecule has 1 aromatic carbocycles. The molecule has 8 nitrogen and oxygen atoms in total. The minimum atomic E-state index is -0.555. The van der Waals surface area contributed by atoms with Crippen LogP contribution in [0.2, 0.25) is 0 Å². The van der Waals surface area contributed by atoms with E-state index in [-0.39, 0.29) is 10.8 Å². The van der Waals surface area contributed by atoms with E-state index < -0.39 is 12.1 Å². The van der Waals surface area contributed by atoms with Crippen LogP contribution in [0.1, 0.15) is 13.3 Å². The normalized spacial score (nSPS) is 22.3. The van der Waals surface area contributed by atoms with Gasteiger partial charge in [0.2, 0.25) is 5.89 Å². The number of aliphatic hydroxyl groups is 1. The van der Waals surface area contributed by atoms with E-state index in [2.05, 4.69) is 5.10 Å². The summed E-state index contributed by atoms with van der Waals surface area (Å²) in [4.78, 5) is 13.0. The van der Waals surface area contributed by atoms with Crippen LogP contribution in [0.4, 0.5) is 0 Å². The van der Waals surface area contributed by atoms with Crippen LogP contribution >= 0.6 is 12.2 Å². The zero-order valence-electron chi connectivity index (χ0n) is 14.7. The topological polar surface area (TPSA) is 91.2 Å². The third-order valence-electron chi connectivity index (χ3n) is 4.36. The fourth-order valence-electron chi connectivity index (χ4n) is 3.12. The molecule has 1 aliphatic rings. The van der Waals surface area contributed by atoms with Gasteiger partial charge in [-0.05, 0) is 43.4 Å². The average Bonchev–Trinajstić information content (AvgIpc) is 3.18. The van der Waals surface area contributed by atoms with Gasteiger partial charge >= 0.3 is 5.97 Å². The summed E-state index contributed by atoms with van der Waals surface area (Å²) in [6.07, 6.45) is -0.195. The zero-order chi connectivity index (χ0) is 18.7. The molecule has 1 unspecified atom stereocenters. The van der Waals surface area contributed by atoms with E-state index in [4.69, 9.17) is 26.1 Å². The molecule has 0 spiro atoms. The molecule has 1 aromatic heterocycles. The maximum Gasteiger partial charge on any atom is 0.364 e. The molecule has 0 saturated carbocycles. The first-order valence-electron chi connectivity index (χ1n) is 8.43. The number of rotatable bonds is 6. The minimum Gasteiger partial charge on any atom is -0.494 e. The van der Waals surface area contributed by atoms with Gasteiger partial charge in [-0.3, -0.25) is 0 Å². The van der Waals surface area contributed by atoms with Crippen molar-refractivity contribution in [2.24, 2.45) is 0 Å². The summed E-state index contributed by atoms with van der Waals surface area (Å²) >= 11 is 5.25. The van der Waals surface area contributed by atoms with Gasteiger partial charge in [0.05, 0.1) is 13.7 Å². The van der Waals surface area contributed by atoms with E-state index in [9.17, 15) is 9.90 Å². The molecule has 26 heavy (non-hydrogen) atoms. The summed E-state index contributed by atoms with van der Waals surface area (Å²) in [5, 5.41) is 14.3. The average molecular weight is 380 g/mol. The zero-order valence-corrected chi connectivity index (χ0v) is 15.5. The Bertz CT molecular complexity index is 817. The van der Waals surface area contributed by atoms with Crippen LogP contribution in [-0.4, -0.2) is 53.3 Å². The number of carbonyl (C=O) groups is 1. The van der Waals surface area contributed by atoms with Crippen molar-refractivity contribution in [3.8, 4) is 17.2 Å². The van der Waals surface area contributed by atoms with E-state index in [1.807, 2.05) is 31.2 Å². The molecule has 1 saturated heterocycles. The molecule has 9 heteroatoms. The smallest absolute Gasteiger partial charge is 0.364 e. The molecule has 3 rings (SSSR count). The van der Waals surface area contributed by atoms with Gasteiger partial charge in [-0.25, -0.2) is 4.79 Å². The molecule has 140 valence electrons. The highest BCUT2D eigenvalue weighted by Gasteiger charge is 2.41. The number of hydrogen-bond donors (Lipinski definition) is 2. The molecule has 2 heterocycles. The second kappa shape index (κ2) is 7.98. The van der Waals surface area contributed by atoms with Gasteiger partial charge in [-0.2, -0.15) is 4.68 Å². The standard InChI is InChI=1S/C17H21N3O5S/c1-3-24-13-6-4-11(5-7-13)15-18-20(17(26)25-15)10-19-9-12(21)8-14(19)16(22)23-2/h4-7,12,14,21H,3,8-10H2,1-2H3/p+1/t12-,14-/m0/s1. The Labute approximate surface area is 155 Å². The van der Waals surface area contributed by atoms with E-state index in [0.717, 1.165) is 16.2 Å². The van der Waals surface area contributed by atoms with E-state index >= 15 is 0 Å². The number of esters is 1. The molecule has 3 atom stereocenters. The summed E-state index contributed by atoms with van der Waals surface area (Å²) in [5.74, 6) is 0.816.